The summed E-state index contributed by atoms with van der Waals surface area (Å²) in [6.45, 7) is 19.7. The van der Waals surface area contributed by atoms with Crippen LogP contribution in [0.1, 0.15) is 125 Å². The van der Waals surface area contributed by atoms with Crippen molar-refractivity contribution in [2.24, 2.45) is 0 Å². The average Bonchev–Trinajstić information content (AvgIpc) is 3.31. The SMILES string of the molecule is CCCC[N-]CCCC.CCCC[N-]CCCC.CCCC[N-]CCCC.[Ti+3][C]1=CC=CC1. The summed E-state index contributed by atoms with van der Waals surface area (Å²) >= 11 is 2.14. The molecule has 0 radical (unpaired) electrons. The van der Waals surface area contributed by atoms with Crippen LogP contribution in [0.15, 0.2) is 22.1 Å². The fraction of sp³-hybridized carbons (Fsp3) is 0.862. The van der Waals surface area contributed by atoms with E-state index in [0.717, 1.165) is 39.3 Å². The van der Waals surface area contributed by atoms with Crippen molar-refractivity contribution in [3.63, 3.8) is 0 Å². The van der Waals surface area contributed by atoms with Crippen molar-refractivity contribution < 1.29 is 20.4 Å². The van der Waals surface area contributed by atoms with Crippen LogP contribution in [0.4, 0.5) is 0 Å². The topological polar surface area (TPSA) is 42.3 Å². The first-order chi connectivity index (χ1) is 16.1. The molecule has 0 spiro atoms. The summed E-state index contributed by atoms with van der Waals surface area (Å²) in [6, 6.07) is 0. The first kappa shape index (κ1) is 37.6. The molecule has 1 rings (SSSR count). The van der Waals surface area contributed by atoms with Gasteiger partial charge < -0.3 is 16.0 Å². The molecular formula is C29H59N3Ti. The van der Waals surface area contributed by atoms with E-state index in [4.69, 9.17) is 0 Å². The van der Waals surface area contributed by atoms with Gasteiger partial charge in [0.1, 0.15) is 0 Å². The van der Waals surface area contributed by atoms with Crippen LogP contribution in [-0.4, -0.2) is 39.3 Å². The Morgan fingerprint density at radius 1 is 0.545 bits per heavy atom. The molecule has 1 aliphatic carbocycles. The Morgan fingerprint density at radius 2 is 0.818 bits per heavy atom. The predicted octanol–water partition coefficient (Wildman–Crippen LogP) is 10.3. The number of unbranched alkanes of at least 4 members (excludes halogenated alkanes) is 6. The molecule has 1 aliphatic rings. The molecule has 0 aromatic carbocycles. The van der Waals surface area contributed by atoms with Gasteiger partial charge in [-0.1, -0.05) is 119 Å². The molecule has 0 fully saturated rings. The molecule has 0 unspecified atom stereocenters. The summed E-state index contributed by atoms with van der Waals surface area (Å²) in [6.07, 6.45) is 22.8. The van der Waals surface area contributed by atoms with Gasteiger partial charge in [0.2, 0.25) is 0 Å². The summed E-state index contributed by atoms with van der Waals surface area (Å²) in [5, 5.41) is 13.1. The Kier molecular flexibility index (Phi) is 44.8. The fourth-order valence-electron chi connectivity index (χ4n) is 2.40. The van der Waals surface area contributed by atoms with Crippen molar-refractivity contribution in [1.82, 2.24) is 0 Å². The standard InChI is InChI=1S/3C8H18N.C5H5.Ti/c3*1-3-5-7-9-8-6-4-2;1-2-4-5-3-1;/h3*3-8H2,1-2H3;1-3H,4H2;/q3*-1;;+3. The number of rotatable bonds is 18. The maximum absolute atomic E-state index is 4.35. The Labute approximate surface area is 222 Å². The summed E-state index contributed by atoms with van der Waals surface area (Å²) < 4.78 is 1.47. The Bertz CT molecular complexity index is 319. The van der Waals surface area contributed by atoms with Crippen molar-refractivity contribution in [3.8, 4) is 0 Å². The zero-order chi connectivity index (χ0) is 25.3. The molecule has 0 heterocycles. The molecule has 0 saturated heterocycles. The minimum absolute atomic E-state index is 1.08. The monoisotopic (exact) mass is 497 g/mol. The van der Waals surface area contributed by atoms with Crippen molar-refractivity contribution in [2.75, 3.05) is 39.3 Å². The molecule has 0 aromatic heterocycles. The van der Waals surface area contributed by atoms with Gasteiger partial charge in [-0.3, -0.25) is 0 Å². The zero-order valence-electron chi connectivity index (χ0n) is 23.5. The second-order valence-electron chi connectivity index (χ2n) is 8.46. The molecule has 4 heteroatoms. The second kappa shape index (κ2) is 39.3. The van der Waals surface area contributed by atoms with Crippen LogP contribution in [0, 0.1) is 0 Å². The third kappa shape index (κ3) is 46.1. The molecule has 194 valence electrons. The summed E-state index contributed by atoms with van der Waals surface area (Å²) in [7, 11) is 0. The van der Waals surface area contributed by atoms with Crippen LogP contribution in [0.3, 0.4) is 0 Å². The average molecular weight is 498 g/mol. The first-order valence-corrected chi connectivity index (χ1v) is 14.9. The first-order valence-electron chi connectivity index (χ1n) is 14.1. The molecule has 3 nitrogen and oxygen atoms in total. The molecule has 0 aromatic rings. The Balaban J connectivity index is -0.000000367. The third-order valence-corrected chi connectivity index (χ3v) is 5.37. The Hall–Kier alpha value is 0.0743. The zero-order valence-corrected chi connectivity index (χ0v) is 25.1. The van der Waals surface area contributed by atoms with Gasteiger partial charge in [0.15, 0.2) is 0 Å². The van der Waals surface area contributed by atoms with Gasteiger partial charge in [0, 0.05) is 0 Å². The van der Waals surface area contributed by atoms with E-state index in [0.29, 0.717) is 0 Å². The fourth-order valence-corrected chi connectivity index (χ4v) is 2.74. The van der Waals surface area contributed by atoms with Gasteiger partial charge in [-0.25, -0.2) is 0 Å². The molecule has 0 N–H and O–H groups in total. The van der Waals surface area contributed by atoms with E-state index in [1.807, 2.05) is 0 Å². The molecule has 0 saturated carbocycles. The summed E-state index contributed by atoms with van der Waals surface area (Å²) in [4.78, 5) is 0. The van der Waals surface area contributed by atoms with Crippen LogP contribution in [0.2, 0.25) is 0 Å². The van der Waals surface area contributed by atoms with Crippen LogP contribution in [-0.2, 0) is 20.4 Å². The molecule has 0 bridgehead atoms. The minimum atomic E-state index is 1.08. The van der Waals surface area contributed by atoms with Gasteiger partial charge in [-0.15, -0.1) is 39.3 Å². The summed E-state index contributed by atoms with van der Waals surface area (Å²) in [5.41, 5.74) is 0. The van der Waals surface area contributed by atoms with Crippen LogP contribution in [0.25, 0.3) is 16.0 Å². The van der Waals surface area contributed by atoms with Crippen LogP contribution < -0.4 is 0 Å². The molecular weight excluding hydrogens is 438 g/mol. The van der Waals surface area contributed by atoms with Gasteiger partial charge in [0.05, 0.1) is 0 Å². The van der Waals surface area contributed by atoms with E-state index in [2.05, 4.69) is 96.2 Å². The van der Waals surface area contributed by atoms with Gasteiger partial charge in [-0.2, -0.15) is 0 Å². The molecule has 0 aliphatic heterocycles. The van der Waals surface area contributed by atoms with E-state index in [1.165, 1.54) is 87.3 Å². The van der Waals surface area contributed by atoms with Crippen LogP contribution >= 0.6 is 0 Å². The molecule has 0 amide bonds. The van der Waals surface area contributed by atoms with E-state index in [-0.39, 0.29) is 0 Å². The van der Waals surface area contributed by atoms with E-state index >= 15 is 0 Å². The molecule has 0 atom stereocenters. The van der Waals surface area contributed by atoms with Crippen molar-refractivity contribution in [3.05, 3.63) is 38.1 Å². The van der Waals surface area contributed by atoms with Crippen molar-refractivity contribution in [2.45, 2.75) is 125 Å². The van der Waals surface area contributed by atoms with Gasteiger partial charge >= 0.3 is 49.0 Å². The van der Waals surface area contributed by atoms with E-state index in [1.54, 1.807) is 0 Å². The summed E-state index contributed by atoms with van der Waals surface area (Å²) in [5.74, 6) is 0. The van der Waals surface area contributed by atoms with Crippen molar-refractivity contribution >= 4 is 0 Å². The van der Waals surface area contributed by atoms with Crippen LogP contribution in [0.5, 0.6) is 0 Å². The third-order valence-electron chi connectivity index (χ3n) is 4.79. The number of hydrogen-bond acceptors (Lipinski definition) is 0. The van der Waals surface area contributed by atoms with E-state index < -0.39 is 0 Å². The normalized spacial score (nSPS) is 11.6. The number of nitrogens with zero attached hydrogens (tertiary/aromatic N) is 3. The van der Waals surface area contributed by atoms with Gasteiger partial charge in [-0.05, 0) is 0 Å². The Morgan fingerprint density at radius 3 is 0.939 bits per heavy atom. The quantitative estimate of drug-likeness (QED) is 0.133. The molecule has 33 heavy (non-hydrogen) atoms. The number of hydrogen-bond donors (Lipinski definition) is 0. The predicted molar refractivity (Wildman–Crippen MR) is 151 cm³/mol. The maximum atomic E-state index is 4.35. The van der Waals surface area contributed by atoms with Crippen molar-refractivity contribution in [1.29, 1.82) is 0 Å². The second-order valence-corrected chi connectivity index (χ2v) is 9.46. The number of allylic oxidation sites excluding steroid dienone is 4. The van der Waals surface area contributed by atoms with Gasteiger partial charge in [0.25, 0.3) is 0 Å². The van der Waals surface area contributed by atoms with E-state index in [9.17, 15) is 0 Å².